The Hall–Kier alpha value is -0.900. The number of rotatable bonds is 3. The van der Waals surface area contributed by atoms with Gasteiger partial charge in [0.25, 0.3) is 0 Å². The second-order valence-corrected chi connectivity index (χ2v) is 1.70. The largest absolute Gasteiger partial charge is 0.479 e. The lowest BCUT2D eigenvalue weighted by molar-refractivity contribution is -0.164. The van der Waals surface area contributed by atoms with Crippen molar-refractivity contribution in [1.82, 2.24) is 0 Å². The zero-order chi connectivity index (χ0) is 12.7. The average molecular weight is 151 g/mol. The number of ketones is 1. The first-order valence-electron chi connectivity index (χ1n) is 4.86. The topological polar surface area (TPSA) is 74.6 Å². The van der Waals surface area contributed by atoms with E-state index in [1.54, 1.807) is 0 Å². The first-order valence-corrected chi connectivity index (χ1v) is 2.36. The lowest BCUT2D eigenvalue weighted by Crippen LogP contribution is -2.44. The summed E-state index contributed by atoms with van der Waals surface area (Å²) in [7, 11) is 0. The van der Waals surface area contributed by atoms with Crippen molar-refractivity contribution in [1.29, 1.82) is 0 Å². The predicted octanol–water partition coefficient (Wildman–Crippen LogP) is -0.199. The van der Waals surface area contributed by atoms with Crippen LogP contribution in [-0.4, -0.2) is 27.6 Å². The minimum Gasteiger partial charge on any atom is -0.479 e. The van der Waals surface area contributed by atoms with Gasteiger partial charge in [0.2, 0.25) is 5.60 Å². The zero-order valence-electron chi connectivity index (χ0n) is 10.2. The Morgan fingerprint density at radius 2 is 2.30 bits per heavy atom. The summed E-state index contributed by atoms with van der Waals surface area (Å²) in [5, 5.41) is 17.9. The fourth-order valence-corrected chi connectivity index (χ4v) is 0.292. The van der Waals surface area contributed by atoms with Crippen molar-refractivity contribution in [2.24, 2.45) is 0 Å². The van der Waals surface area contributed by atoms with Gasteiger partial charge in [-0.3, -0.25) is 4.79 Å². The molecule has 4 nitrogen and oxygen atoms in total. The van der Waals surface area contributed by atoms with Crippen LogP contribution >= 0.6 is 0 Å². The molecule has 0 spiro atoms. The quantitative estimate of drug-likeness (QED) is 0.548. The van der Waals surface area contributed by atoms with Crippen molar-refractivity contribution in [3.63, 3.8) is 0 Å². The fraction of sp³-hybridized carbons (Fsp3) is 0.667. The predicted molar refractivity (Wildman–Crippen MR) is 33.6 cm³/mol. The minimum atomic E-state index is -3.57. The third kappa shape index (κ3) is 1.33. The van der Waals surface area contributed by atoms with Crippen LogP contribution in [0.15, 0.2) is 0 Å². The molecule has 0 saturated carbocycles. The van der Waals surface area contributed by atoms with E-state index < -0.39 is 30.6 Å². The molecule has 1 unspecified atom stereocenters. The maximum Gasteiger partial charge on any atom is 0.343 e. The Bertz CT molecular complexity index is 280. The molecule has 0 radical (unpaired) electrons. The van der Waals surface area contributed by atoms with Crippen LogP contribution in [0.5, 0.6) is 0 Å². The van der Waals surface area contributed by atoms with Gasteiger partial charge in [0.1, 0.15) is 0 Å². The van der Waals surface area contributed by atoms with E-state index in [-0.39, 0.29) is 0 Å². The van der Waals surface area contributed by atoms with Gasteiger partial charge in [-0.1, -0.05) is 6.85 Å². The normalized spacial score (nSPS) is 26.0. The molecule has 1 atom stereocenters. The summed E-state index contributed by atoms with van der Waals surface area (Å²) in [4.78, 5) is 21.5. The Balaban J connectivity index is 5.68. The molecule has 0 aromatic carbocycles. The Morgan fingerprint density at radius 3 is 2.40 bits per heavy atom. The van der Waals surface area contributed by atoms with Gasteiger partial charge in [-0.2, -0.15) is 0 Å². The van der Waals surface area contributed by atoms with Gasteiger partial charge in [-0.15, -0.1) is 0 Å². The number of aliphatic carboxylic acids is 1. The third-order valence-electron chi connectivity index (χ3n) is 1.000. The summed E-state index contributed by atoms with van der Waals surface area (Å²) < 4.78 is 34.4. The molecule has 0 aliphatic heterocycles. The van der Waals surface area contributed by atoms with E-state index in [0.717, 1.165) is 0 Å². The van der Waals surface area contributed by atoms with Crippen molar-refractivity contribution in [2.45, 2.75) is 25.7 Å². The Labute approximate surface area is 65.5 Å². The molecule has 2 N–H and O–H groups in total. The van der Waals surface area contributed by atoms with Gasteiger partial charge >= 0.3 is 5.97 Å². The Kier molecular flexibility index (Phi) is 0.970. The molecule has 4 heteroatoms. The van der Waals surface area contributed by atoms with E-state index in [1.165, 1.54) is 0 Å². The van der Waals surface area contributed by atoms with Crippen LogP contribution in [0.2, 0.25) is 0 Å². The SMILES string of the molecule is [2H]C([2H])([2H])C([2H])([2H])C(O)(C(C)=O)C(=O)O. The average Bonchev–Trinajstić information content (AvgIpc) is 1.99. The molecule has 0 aliphatic carbocycles. The minimum absolute atomic E-state index is 0.609. The van der Waals surface area contributed by atoms with Crippen LogP contribution in [0.3, 0.4) is 0 Å². The Morgan fingerprint density at radius 1 is 1.80 bits per heavy atom. The molecule has 0 aliphatic rings. The maximum absolute atomic E-state index is 10.9. The highest BCUT2D eigenvalue weighted by molar-refractivity contribution is 6.04. The standard InChI is InChI=1S/C6H10O4/c1-3-6(10,4(2)7)5(8)9/h10H,3H2,1-2H3,(H,8,9)/i1D3,3D2. The van der Waals surface area contributed by atoms with Gasteiger partial charge in [0, 0.05) is 6.85 Å². The molecule has 0 aromatic rings. The second kappa shape index (κ2) is 2.79. The van der Waals surface area contributed by atoms with Crippen LogP contribution in [0.1, 0.15) is 27.0 Å². The number of hydrogen-bond donors (Lipinski definition) is 2. The lowest BCUT2D eigenvalue weighted by Gasteiger charge is -2.16. The maximum atomic E-state index is 10.9. The monoisotopic (exact) mass is 151 g/mol. The smallest absolute Gasteiger partial charge is 0.343 e. The van der Waals surface area contributed by atoms with Crippen LogP contribution in [-0.2, 0) is 9.59 Å². The summed E-state index contributed by atoms with van der Waals surface area (Å²) in [6.07, 6.45) is -3.56. The number of aliphatic hydroxyl groups is 1. The van der Waals surface area contributed by atoms with Gasteiger partial charge in [0.05, 0.1) is 0 Å². The molecule has 0 aromatic heterocycles. The number of carbonyl (C=O) groups excluding carboxylic acids is 1. The summed E-state index contributed by atoms with van der Waals surface area (Å²) in [5.74, 6) is -3.70. The first-order chi connectivity index (χ1) is 6.39. The summed E-state index contributed by atoms with van der Waals surface area (Å²) in [5.41, 5.74) is -3.57. The highest BCUT2D eigenvalue weighted by Crippen LogP contribution is 2.10. The van der Waals surface area contributed by atoms with Crippen LogP contribution in [0.25, 0.3) is 0 Å². The molecule has 0 fully saturated rings. The lowest BCUT2D eigenvalue weighted by atomic mass is 9.97. The van der Waals surface area contributed by atoms with E-state index in [4.69, 9.17) is 12.0 Å². The summed E-state index contributed by atoms with van der Waals surface area (Å²) in [6.45, 7) is -2.82. The molecule has 0 rings (SSSR count). The number of hydrogen-bond acceptors (Lipinski definition) is 3. The van der Waals surface area contributed by atoms with Gasteiger partial charge in [-0.25, -0.2) is 4.79 Å². The molecule has 10 heavy (non-hydrogen) atoms. The zero-order valence-corrected chi connectivity index (χ0v) is 5.21. The number of Topliss-reactive ketones (excluding diaryl/α,β-unsaturated/α-hetero) is 1. The first kappa shape index (κ1) is 3.48. The highest BCUT2D eigenvalue weighted by Gasteiger charge is 2.38. The third-order valence-corrected chi connectivity index (χ3v) is 1.000. The van der Waals surface area contributed by atoms with Crippen LogP contribution < -0.4 is 0 Å². The number of carboxylic acids is 1. The van der Waals surface area contributed by atoms with Crippen molar-refractivity contribution >= 4 is 11.8 Å². The van der Waals surface area contributed by atoms with Crippen molar-refractivity contribution in [3.8, 4) is 0 Å². The van der Waals surface area contributed by atoms with E-state index in [9.17, 15) is 14.7 Å². The summed E-state index contributed by atoms with van der Waals surface area (Å²) in [6, 6.07) is 0. The fourth-order valence-electron chi connectivity index (χ4n) is 0.292. The second-order valence-electron chi connectivity index (χ2n) is 1.70. The number of carbonyl (C=O) groups is 2. The molecule has 0 heterocycles. The van der Waals surface area contributed by atoms with E-state index in [0.29, 0.717) is 6.92 Å². The van der Waals surface area contributed by atoms with Crippen molar-refractivity contribution in [3.05, 3.63) is 0 Å². The van der Waals surface area contributed by atoms with Crippen LogP contribution in [0.4, 0.5) is 0 Å². The summed E-state index contributed by atoms with van der Waals surface area (Å²) >= 11 is 0. The molecular formula is C6H10O4. The van der Waals surface area contributed by atoms with E-state index in [2.05, 4.69) is 0 Å². The van der Waals surface area contributed by atoms with Crippen molar-refractivity contribution in [2.75, 3.05) is 0 Å². The van der Waals surface area contributed by atoms with E-state index >= 15 is 0 Å². The number of carboxylic acid groups (broad SMARTS) is 1. The van der Waals surface area contributed by atoms with Gasteiger partial charge in [0.15, 0.2) is 5.78 Å². The van der Waals surface area contributed by atoms with Crippen LogP contribution in [0, 0.1) is 0 Å². The molecule has 0 saturated heterocycles. The van der Waals surface area contributed by atoms with Gasteiger partial charge in [-0.05, 0) is 13.3 Å². The molecule has 0 amide bonds. The van der Waals surface area contributed by atoms with Gasteiger partial charge < -0.3 is 10.2 Å². The molecular weight excluding hydrogens is 136 g/mol. The highest BCUT2D eigenvalue weighted by atomic mass is 16.4. The van der Waals surface area contributed by atoms with Crippen molar-refractivity contribution < 1.29 is 26.7 Å². The molecule has 58 valence electrons. The van der Waals surface area contributed by atoms with E-state index in [1.807, 2.05) is 0 Å². The molecule has 0 bridgehead atoms.